The minimum Gasteiger partial charge on any atom is -0.329 e. The molecule has 0 spiro atoms. The Balaban J connectivity index is 2.11. The fourth-order valence-electron chi connectivity index (χ4n) is 3.30. The number of hydrogen-bond acceptors (Lipinski definition) is 2. The maximum absolute atomic E-state index is 13.8. The van der Waals surface area contributed by atoms with E-state index in [1.54, 1.807) is 12.1 Å². The lowest BCUT2D eigenvalue weighted by Gasteiger charge is -2.41. The average molecular weight is 357 g/mol. The molecule has 1 aliphatic rings. The first-order chi connectivity index (χ1) is 9.84. The molecule has 4 heteroatoms. The zero-order valence-corrected chi connectivity index (χ0v) is 14.8. The van der Waals surface area contributed by atoms with Gasteiger partial charge < -0.3 is 5.73 Å². The van der Waals surface area contributed by atoms with Crippen LogP contribution in [0.4, 0.5) is 4.39 Å². The number of nitrogens with zero attached hydrogens (tertiary/aromatic N) is 1. The standard InChI is InChI=1S/C17H26BrFN2/c1-17(2)8-6-13(7-9-17)21(3)16(11-20)12-4-5-14(18)15(19)10-12/h4-5,10,13,16H,6-9,11,20H2,1-3H3. The molecule has 2 rings (SSSR count). The zero-order valence-electron chi connectivity index (χ0n) is 13.2. The van der Waals surface area contributed by atoms with Gasteiger partial charge in [-0.15, -0.1) is 0 Å². The third kappa shape index (κ3) is 4.05. The molecule has 1 fully saturated rings. The van der Waals surface area contributed by atoms with Crippen molar-refractivity contribution < 1.29 is 4.39 Å². The number of nitrogens with two attached hydrogens (primary N) is 1. The largest absolute Gasteiger partial charge is 0.329 e. The van der Waals surface area contributed by atoms with E-state index in [0.29, 0.717) is 22.5 Å². The molecular weight excluding hydrogens is 331 g/mol. The third-order valence-electron chi connectivity index (χ3n) is 4.93. The van der Waals surface area contributed by atoms with E-state index in [2.05, 4.69) is 41.7 Å². The molecule has 2 nitrogen and oxygen atoms in total. The Kier molecular flexibility index (Phi) is 5.44. The van der Waals surface area contributed by atoms with Crippen molar-refractivity contribution in [3.05, 3.63) is 34.1 Å². The molecule has 21 heavy (non-hydrogen) atoms. The van der Waals surface area contributed by atoms with Crippen LogP contribution in [0.3, 0.4) is 0 Å². The summed E-state index contributed by atoms with van der Waals surface area (Å²) >= 11 is 3.21. The predicted molar refractivity (Wildman–Crippen MR) is 89.7 cm³/mol. The van der Waals surface area contributed by atoms with Crippen molar-refractivity contribution >= 4 is 15.9 Å². The van der Waals surface area contributed by atoms with Crippen LogP contribution in [-0.4, -0.2) is 24.5 Å². The lowest BCUT2D eigenvalue weighted by atomic mass is 9.75. The molecule has 0 heterocycles. The molecule has 118 valence electrons. The lowest BCUT2D eigenvalue weighted by Crippen LogP contribution is -2.41. The fourth-order valence-corrected chi connectivity index (χ4v) is 3.55. The van der Waals surface area contributed by atoms with E-state index in [4.69, 9.17) is 5.73 Å². The van der Waals surface area contributed by atoms with Crippen LogP contribution < -0.4 is 5.73 Å². The van der Waals surface area contributed by atoms with E-state index in [-0.39, 0.29) is 11.9 Å². The van der Waals surface area contributed by atoms with Crippen LogP contribution in [0.15, 0.2) is 22.7 Å². The van der Waals surface area contributed by atoms with E-state index >= 15 is 0 Å². The Morgan fingerprint density at radius 1 is 1.38 bits per heavy atom. The van der Waals surface area contributed by atoms with Gasteiger partial charge in [0, 0.05) is 18.6 Å². The topological polar surface area (TPSA) is 29.3 Å². The first kappa shape index (κ1) is 16.9. The Bertz CT molecular complexity index is 480. The van der Waals surface area contributed by atoms with Gasteiger partial charge in [0.25, 0.3) is 0 Å². The number of likely N-dealkylation sites (N-methyl/N-ethyl adjacent to an activating group) is 1. The van der Waals surface area contributed by atoms with Crippen molar-refractivity contribution in [3.63, 3.8) is 0 Å². The predicted octanol–water partition coefficient (Wildman–Crippen LogP) is 4.49. The van der Waals surface area contributed by atoms with Crippen LogP contribution in [0, 0.1) is 11.2 Å². The highest BCUT2D eigenvalue weighted by Gasteiger charge is 2.31. The Hall–Kier alpha value is -0.450. The molecule has 1 aliphatic carbocycles. The molecule has 1 atom stereocenters. The highest BCUT2D eigenvalue weighted by Crippen LogP contribution is 2.38. The van der Waals surface area contributed by atoms with Crippen molar-refractivity contribution in [1.82, 2.24) is 4.90 Å². The molecule has 0 radical (unpaired) electrons. The Morgan fingerprint density at radius 3 is 2.52 bits per heavy atom. The summed E-state index contributed by atoms with van der Waals surface area (Å²) in [6, 6.07) is 5.96. The molecule has 0 saturated heterocycles. The van der Waals surface area contributed by atoms with E-state index in [1.807, 2.05) is 6.07 Å². The second-order valence-corrected chi connectivity index (χ2v) is 7.84. The van der Waals surface area contributed by atoms with Crippen molar-refractivity contribution in [2.24, 2.45) is 11.1 Å². The number of benzene rings is 1. The lowest BCUT2D eigenvalue weighted by molar-refractivity contribution is 0.0965. The van der Waals surface area contributed by atoms with Crippen LogP contribution in [0.1, 0.15) is 51.1 Å². The number of rotatable bonds is 4. The minimum absolute atomic E-state index is 0.0822. The Labute approximate surface area is 136 Å². The van der Waals surface area contributed by atoms with E-state index in [9.17, 15) is 4.39 Å². The zero-order chi connectivity index (χ0) is 15.6. The summed E-state index contributed by atoms with van der Waals surface area (Å²) in [6.45, 7) is 5.19. The van der Waals surface area contributed by atoms with Gasteiger partial charge in [-0.25, -0.2) is 4.39 Å². The fraction of sp³-hybridized carbons (Fsp3) is 0.647. The smallest absolute Gasteiger partial charge is 0.137 e. The first-order valence-corrected chi connectivity index (χ1v) is 8.50. The summed E-state index contributed by atoms with van der Waals surface area (Å²) in [7, 11) is 2.13. The van der Waals surface area contributed by atoms with Gasteiger partial charge in [-0.3, -0.25) is 4.90 Å². The first-order valence-electron chi connectivity index (χ1n) is 7.71. The van der Waals surface area contributed by atoms with Crippen LogP contribution in [0.5, 0.6) is 0 Å². The quantitative estimate of drug-likeness (QED) is 0.860. The Morgan fingerprint density at radius 2 is 2.00 bits per heavy atom. The van der Waals surface area contributed by atoms with Crippen molar-refractivity contribution in [2.75, 3.05) is 13.6 Å². The summed E-state index contributed by atoms with van der Waals surface area (Å²) in [5.74, 6) is -0.218. The van der Waals surface area contributed by atoms with E-state index < -0.39 is 0 Å². The molecule has 0 aliphatic heterocycles. The average Bonchev–Trinajstić information content (AvgIpc) is 2.43. The maximum Gasteiger partial charge on any atom is 0.137 e. The van der Waals surface area contributed by atoms with Crippen LogP contribution in [0.2, 0.25) is 0 Å². The monoisotopic (exact) mass is 356 g/mol. The number of hydrogen-bond donors (Lipinski definition) is 1. The van der Waals surface area contributed by atoms with Crippen LogP contribution >= 0.6 is 15.9 Å². The second-order valence-electron chi connectivity index (χ2n) is 6.99. The molecule has 0 amide bonds. The van der Waals surface area contributed by atoms with Gasteiger partial charge in [0.1, 0.15) is 5.82 Å². The van der Waals surface area contributed by atoms with Gasteiger partial charge in [-0.1, -0.05) is 19.9 Å². The van der Waals surface area contributed by atoms with E-state index in [1.165, 1.54) is 25.7 Å². The van der Waals surface area contributed by atoms with E-state index in [0.717, 1.165) is 5.56 Å². The van der Waals surface area contributed by atoms with Crippen molar-refractivity contribution in [2.45, 2.75) is 51.6 Å². The van der Waals surface area contributed by atoms with Gasteiger partial charge in [-0.05, 0) is 71.8 Å². The second kappa shape index (κ2) is 6.76. The van der Waals surface area contributed by atoms with Crippen LogP contribution in [0.25, 0.3) is 0 Å². The number of halogens is 2. The SMILES string of the molecule is CN(C1CCC(C)(C)CC1)C(CN)c1ccc(Br)c(F)c1. The summed E-state index contributed by atoms with van der Waals surface area (Å²) in [4.78, 5) is 2.35. The summed E-state index contributed by atoms with van der Waals surface area (Å²) < 4.78 is 14.3. The van der Waals surface area contributed by atoms with Gasteiger partial charge in [0.05, 0.1) is 4.47 Å². The minimum atomic E-state index is -0.218. The highest BCUT2D eigenvalue weighted by molar-refractivity contribution is 9.10. The molecule has 2 N–H and O–H groups in total. The van der Waals surface area contributed by atoms with Gasteiger partial charge >= 0.3 is 0 Å². The highest BCUT2D eigenvalue weighted by atomic mass is 79.9. The normalized spacial score (nSPS) is 20.7. The third-order valence-corrected chi connectivity index (χ3v) is 5.57. The molecule has 0 bridgehead atoms. The van der Waals surface area contributed by atoms with Crippen molar-refractivity contribution in [3.8, 4) is 0 Å². The summed E-state index contributed by atoms with van der Waals surface area (Å²) in [5, 5.41) is 0. The van der Waals surface area contributed by atoms with Gasteiger partial charge in [0.2, 0.25) is 0 Å². The van der Waals surface area contributed by atoms with Crippen LogP contribution in [-0.2, 0) is 0 Å². The van der Waals surface area contributed by atoms with Gasteiger partial charge in [-0.2, -0.15) is 0 Å². The summed E-state index contributed by atoms with van der Waals surface area (Å²) in [6.07, 6.45) is 4.88. The maximum atomic E-state index is 13.8. The van der Waals surface area contributed by atoms with Crippen molar-refractivity contribution in [1.29, 1.82) is 0 Å². The molecule has 1 saturated carbocycles. The summed E-state index contributed by atoms with van der Waals surface area (Å²) in [5.41, 5.74) is 7.40. The molecule has 1 aromatic carbocycles. The molecular formula is C17H26BrFN2. The molecule has 0 aromatic heterocycles. The molecule has 1 unspecified atom stereocenters. The molecule has 1 aromatic rings. The van der Waals surface area contributed by atoms with Gasteiger partial charge in [0.15, 0.2) is 0 Å².